The van der Waals surface area contributed by atoms with Gasteiger partial charge in [-0.05, 0) is 18.8 Å². The summed E-state index contributed by atoms with van der Waals surface area (Å²) in [6, 6.07) is -0.347. The van der Waals surface area contributed by atoms with Crippen LogP contribution >= 0.6 is 0 Å². The van der Waals surface area contributed by atoms with E-state index < -0.39 is 5.54 Å². The third kappa shape index (κ3) is 1.83. The Morgan fingerprint density at radius 2 is 1.82 bits per heavy atom. The molecule has 1 N–H and O–H groups in total. The number of carbonyl (C=O) groups excluding carboxylic acids is 2. The molecule has 2 rings (SSSR count). The van der Waals surface area contributed by atoms with Gasteiger partial charge in [-0.15, -0.1) is 0 Å². The molecule has 1 aliphatic carbocycles. The highest BCUT2D eigenvalue weighted by atomic mass is 16.2. The second kappa shape index (κ2) is 4.31. The highest BCUT2D eigenvalue weighted by Crippen LogP contribution is 2.36. The van der Waals surface area contributed by atoms with Gasteiger partial charge in [0, 0.05) is 7.05 Å². The van der Waals surface area contributed by atoms with Crippen LogP contribution in [0.5, 0.6) is 0 Å². The van der Waals surface area contributed by atoms with Crippen molar-refractivity contribution in [1.82, 2.24) is 10.2 Å². The molecule has 0 aromatic carbocycles. The molecule has 1 spiro atoms. The fourth-order valence-corrected chi connectivity index (χ4v) is 3.06. The average molecular weight is 238 g/mol. The van der Waals surface area contributed by atoms with Crippen LogP contribution in [0.25, 0.3) is 0 Å². The molecular weight excluding hydrogens is 216 g/mol. The summed E-state index contributed by atoms with van der Waals surface area (Å²) in [4.78, 5) is 26.4. The van der Waals surface area contributed by atoms with E-state index in [1.165, 1.54) is 6.42 Å². The van der Waals surface area contributed by atoms with Crippen LogP contribution in [0, 0.1) is 5.92 Å². The lowest BCUT2D eigenvalue weighted by Gasteiger charge is -2.49. The standard InChI is InChI=1S/C13H22N2O2/c1-9(2)10-11(16)15(3)13(12(17)14-10)7-5-4-6-8-13/h9-10H,4-8H2,1-3H3,(H,14,17). The van der Waals surface area contributed by atoms with Gasteiger partial charge < -0.3 is 10.2 Å². The average Bonchev–Trinajstić information content (AvgIpc) is 2.32. The zero-order chi connectivity index (χ0) is 12.6. The minimum atomic E-state index is -0.555. The van der Waals surface area contributed by atoms with E-state index >= 15 is 0 Å². The summed E-state index contributed by atoms with van der Waals surface area (Å²) in [7, 11) is 1.79. The molecule has 1 unspecified atom stereocenters. The zero-order valence-corrected chi connectivity index (χ0v) is 11.0. The van der Waals surface area contributed by atoms with Crippen molar-refractivity contribution in [2.24, 2.45) is 5.92 Å². The maximum atomic E-state index is 12.3. The summed E-state index contributed by atoms with van der Waals surface area (Å²) >= 11 is 0. The van der Waals surface area contributed by atoms with Crippen LogP contribution in [0.15, 0.2) is 0 Å². The molecule has 2 fully saturated rings. The summed E-state index contributed by atoms with van der Waals surface area (Å²) < 4.78 is 0. The van der Waals surface area contributed by atoms with E-state index in [2.05, 4.69) is 5.32 Å². The molecule has 1 saturated heterocycles. The van der Waals surface area contributed by atoms with Gasteiger partial charge in [-0.1, -0.05) is 33.1 Å². The largest absolute Gasteiger partial charge is 0.342 e. The summed E-state index contributed by atoms with van der Waals surface area (Å²) in [6.07, 6.45) is 4.87. The Labute approximate surface area is 103 Å². The van der Waals surface area contributed by atoms with Gasteiger partial charge in [0.15, 0.2) is 0 Å². The highest BCUT2D eigenvalue weighted by molar-refractivity contribution is 5.99. The molecule has 96 valence electrons. The third-order valence-corrected chi connectivity index (χ3v) is 4.30. The first-order valence-corrected chi connectivity index (χ1v) is 6.58. The normalized spacial score (nSPS) is 28.7. The summed E-state index contributed by atoms with van der Waals surface area (Å²) in [5.74, 6) is 0.273. The SMILES string of the molecule is CC(C)C1NC(=O)C2(CCCCC2)N(C)C1=O. The molecule has 4 nitrogen and oxygen atoms in total. The van der Waals surface area contributed by atoms with Crippen LogP contribution in [0.1, 0.15) is 46.0 Å². The molecule has 4 heteroatoms. The van der Waals surface area contributed by atoms with Gasteiger partial charge in [-0.2, -0.15) is 0 Å². The number of piperazine rings is 1. The summed E-state index contributed by atoms with van der Waals surface area (Å²) in [5.41, 5.74) is -0.555. The highest BCUT2D eigenvalue weighted by Gasteiger charge is 2.51. The Hall–Kier alpha value is -1.06. The number of hydrogen-bond donors (Lipinski definition) is 1. The smallest absolute Gasteiger partial charge is 0.246 e. The van der Waals surface area contributed by atoms with Gasteiger partial charge in [0.2, 0.25) is 11.8 Å². The van der Waals surface area contributed by atoms with Gasteiger partial charge >= 0.3 is 0 Å². The fourth-order valence-electron chi connectivity index (χ4n) is 3.06. The number of rotatable bonds is 1. The van der Waals surface area contributed by atoms with Crippen molar-refractivity contribution in [3.05, 3.63) is 0 Å². The molecular formula is C13H22N2O2. The second-order valence-corrected chi connectivity index (χ2v) is 5.68. The molecule has 1 saturated carbocycles. The van der Waals surface area contributed by atoms with Crippen molar-refractivity contribution in [3.63, 3.8) is 0 Å². The monoisotopic (exact) mass is 238 g/mol. The van der Waals surface area contributed by atoms with Gasteiger partial charge in [-0.3, -0.25) is 9.59 Å². The van der Waals surface area contributed by atoms with Crippen LogP contribution in [-0.2, 0) is 9.59 Å². The molecule has 1 heterocycles. The first-order valence-electron chi connectivity index (χ1n) is 6.58. The first kappa shape index (κ1) is 12.4. The molecule has 1 aliphatic heterocycles. The molecule has 0 aromatic heterocycles. The number of nitrogens with zero attached hydrogens (tertiary/aromatic N) is 1. The fraction of sp³-hybridized carbons (Fsp3) is 0.846. The zero-order valence-electron chi connectivity index (χ0n) is 11.0. The number of hydrogen-bond acceptors (Lipinski definition) is 2. The van der Waals surface area contributed by atoms with Crippen LogP contribution in [0.3, 0.4) is 0 Å². The van der Waals surface area contributed by atoms with E-state index in [9.17, 15) is 9.59 Å². The summed E-state index contributed by atoms with van der Waals surface area (Å²) in [5, 5.41) is 2.93. The van der Waals surface area contributed by atoms with Crippen molar-refractivity contribution in [3.8, 4) is 0 Å². The predicted molar refractivity (Wildman–Crippen MR) is 65.4 cm³/mol. The van der Waals surface area contributed by atoms with Crippen molar-refractivity contribution >= 4 is 11.8 Å². The maximum Gasteiger partial charge on any atom is 0.246 e. The number of likely N-dealkylation sites (N-methyl/N-ethyl adjacent to an activating group) is 1. The minimum absolute atomic E-state index is 0.0537. The van der Waals surface area contributed by atoms with Gasteiger partial charge in [0.1, 0.15) is 11.6 Å². The Bertz CT molecular complexity index is 332. The summed E-state index contributed by atoms with van der Waals surface area (Å²) in [6.45, 7) is 3.94. The Morgan fingerprint density at radius 1 is 1.24 bits per heavy atom. The van der Waals surface area contributed by atoms with Gasteiger partial charge in [0.25, 0.3) is 0 Å². The molecule has 17 heavy (non-hydrogen) atoms. The predicted octanol–water partition coefficient (Wildman–Crippen LogP) is 1.30. The first-order chi connectivity index (χ1) is 7.99. The quantitative estimate of drug-likeness (QED) is 0.748. The lowest BCUT2D eigenvalue weighted by atomic mass is 9.77. The Balaban J connectivity index is 2.26. The minimum Gasteiger partial charge on any atom is -0.342 e. The van der Waals surface area contributed by atoms with Gasteiger partial charge in [-0.25, -0.2) is 0 Å². The van der Waals surface area contributed by atoms with Crippen molar-refractivity contribution in [2.75, 3.05) is 7.05 Å². The van der Waals surface area contributed by atoms with Crippen LogP contribution in [0.2, 0.25) is 0 Å². The lowest BCUT2D eigenvalue weighted by molar-refractivity contribution is -0.159. The second-order valence-electron chi connectivity index (χ2n) is 5.68. The Kier molecular flexibility index (Phi) is 3.15. The van der Waals surface area contributed by atoms with Crippen molar-refractivity contribution in [2.45, 2.75) is 57.5 Å². The van der Waals surface area contributed by atoms with Crippen LogP contribution in [-0.4, -0.2) is 35.3 Å². The van der Waals surface area contributed by atoms with E-state index in [1.54, 1.807) is 11.9 Å². The molecule has 0 radical (unpaired) electrons. The van der Waals surface area contributed by atoms with E-state index in [1.807, 2.05) is 13.8 Å². The molecule has 0 aromatic rings. The Morgan fingerprint density at radius 3 is 2.35 bits per heavy atom. The van der Waals surface area contributed by atoms with Crippen LogP contribution < -0.4 is 5.32 Å². The lowest BCUT2D eigenvalue weighted by Crippen LogP contribution is -2.70. The van der Waals surface area contributed by atoms with E-state index in [4.69, 9.17) is 0 Å². The molecule has 2 aliphatic rings. The number of carbonyl (C=O) groups is 2. The van der Waals surface area contributed by atoms with E-state index in [0.717, 1.165) is 25.7 Å². The molecule has 0 bridgehead atoms. The van der Waals surface area contributed by atoms with Crippen molar-refractivity contribution < 1.29 is 9.59 Å². The van der Waals surface area contributed by atoms with Gasteiger partial charge in [0.05, 0.1) is 0 Å². The van der Waals surface area contributed by atoms with E-state index in [0.29, 0.717) is 0 Å². The number of amides is 2. The van der Waals surface area contributed by atoms with Crippen LogP contribution in [0.4, 0.5) is 0 Å². The number of nitrogens with one attached hydrogen (secondary N) is 1. The molecule has 2 amide bonds. The van der Waals surface area contributed by atoms with E-state index in [-0.39, 0.29) is 23.8 Å². The third-order valence-electron chi connectivity index (χ3n) is 4.30. The van der Waals surface area contributed by atoms with Crippen molar-refractivity contribution in [1.29, 1.82) is 0 Å². The topological polar surface area (TPSA) is 49.4 Å². The maximum absolute atomic E-state index is 12.3. The molecule has 1 atom stereocenters.